The normalized spacial score (nSPS) is 17.9. The zero-order valence-electron chi connectivity index (χ0n) is 16.7. The van der Waals surface area contributed by atoms with Gasteiger partial charge in [-0.05, 0) is 49.2 Å². The van der Waals surface area contributed by atoms with E-state index < -0.39 is 15.9 Å². The molecule has 0 unspecified atom stereocenters. The van der Waals surface area contributed by atoms with Crippen molar-refractivity contribution in [1.82, 2.24) is 4.90 Å². The number of carbonyl (C=O) groups is 1. The number of hydrogen-bond acceptors (Lipinski definition) is 5. The van der Waals surface area contributed by atoms with E-state index in [-0.39, 0.29) is 29.7 Å². The number of hydrogen-bond donors (Lipinski definition) is 0. The predicted octanol–water partition coefficient (Wildman–Crippen LogP) is 4.23. The van der Waals surface area contributed by atoms with Crippen LogP contribution in [0.1, 0.15) is 28.1 Å². The van der Waals surface area contributed by atoms with E-state index in [0.717, 1.165) is 10.9 Å². The molecule has 1 saturated heterocycles. The Morgan fingerprint density at radius 3 is 2.77 bits per heavy atom. The van der Waals surface area contributed by atoms with Crippen molar-refractivity contribution >= 4 is 38.3 Å². The van der Waals surface area contributed by atoms with Gasteiger partial charge in [-0.15, -0.1) is 0 Å². The molecule has 6 nitrogen and oxygen atoms in total. The van der Waals surface area contributed by atoms with Crippen LogP contribution in [0.5, 0.6) is 5.75 Å². The maximum absolute atomic E-state index is 13.6. The Morgan fingerprint density at radius 1 is 1.27 bits per heavy atom. The fraction of sp³-hybridized carbons (Fsp3) is 0.318. The third-order valence-corrected chi connectivity index (χ3v) is 7.48. The number of ether oxygens (including phenoxy) is 1. The number of fused-ring (bicyclic) bond motifs is 1. The maximum Gasteiger partial charge on any atom is 0.290 e. The molecule has 0 N–H and O–H groups in total. The molecule has 0 spiro atoms. The SMILES string of the molecule is COc1cccc(CN(C(=O)c2oc3ccc(Cl)cc3c2C)[C@@H]2CCS(=O)(=O)C2)c1. The second kappa shape index (κ2) is 7.96. The number of rotatable bonds is 5. The average Bonchev–Trinajstić information content (AvgIpc) is 3.25. The van der Waals surface area contributed by atoms with E-state index in [0.29, 0.717) is 28.3 Å². The second-order valence-electron chi connectivity index (χ2n) is 7.54. The lowest BCUT2D eigenvalue weighted by Gasteiger charge is -2.28. The van der Waals surface area contributed by atoms with Gasteiger partial charge < -0.3 is 14.1 Å². The standard InChI is InChI=1S/C22H22ClNO5S/c1-14-19-11-16(23)6-7-20(19)29-21(14)22(25)24(17-8-9-30(26,27)13-17)12-15-4-3-5-18(10-15)28-2/h3-7,10-11,17H,8-9,12-13H2,1-2H3/t17-/m1/s1. The first-order valence-corrected chi connectivity index (χ1v) is 11.8. The molecule has 1 aromatic heterocycles. The molecule has 3 aromatic rings. The summed E-state index contributed by atoms with van der Waals surface area (Å²) in [6.45, 7) is 2.07. The molecule has 0 aliphatic carbocycles. The summed E-state index contributed by atoms with van der Waals surface area (Å²) in [6, 6.07) is 12.2. The van der Waals surface area contributed by atoms with Gasteiger partial charge in [-0.1, -0.05) is 23.7 Å². The highest BCUT2D eigenvalue weighted by atomic mass is 35.5. The summed E-state index contributed by atoms with van der Waals surface area (Å²) in [5.41, 5.74) is 2.11. The second-order valence-corrected chi connectivity index (χ2v) is 10.2. The molecule has 1 fully saturated rings. The molecule has 2 heterocycles. The van der Waals surface area contributed by atoms with Crippen LogP contribution in [0.25, 0.3) is 11.0 Å². The van der Waals surface area contributed by atoms with Crippen molar-refractivity contribution < 1.29 is 22.4 Å². The zero-order chi connectivity index (χ0) is 21.5. The summed E-state index contributed by atoms with van der Waals surface area (Å²) < 4.78 is 35.4. The van der Waals surface area contributed by atoms with Crippen LogP contribution < -0.4 is 4.74 Å². The molecule has 158 valence electrons. The third-order valence-electron chi connectivity index (χ3n) is 5.49. The molecule has 30 heavy (non-hydrogen) atoms. The molecule has 1 aliphatic heterocycles. The van der Waals surface area contributed by atoms with Crippen LogP contribution in [0, 0.1) is 6.92 Å². The van der Waals surface area contributed by atoms with Gasteiger partial charge in [0.25, 0.3) is 5.91 Å². The Hall–Kier alpha value is -2.51. The number of benzene rings is 2. The van der Waals surface area contributed by atoms with E-state index >= 15 is 0 Å². The number of sulfone groups is 1. The van der Waals surface area contributed by atoms with Gasteiger partial charge in [-0.25, -0.2) is 8.42 Å². The number of methoxy groups -OCH3 is 1. The summed E-state index contributed by atoms with van der Waals surface area (Å²) in [6.07, 6.45) is 0.406. The topological polar surface area (TPSA) is 76.8 Å². The highest BCUT2D eigenvalue weighted by molar-refractivity contribution is 7.91. The molecule has 0 saturated carbocycles. The Kier molecular flexibility index (Phi) is 5.51. The smallest absolute Gasteiger partial charge is 0.290 e. The number of carbonyl (C=O) groups excluding carboxylic acids is 1. The number of nitrogens with zero attached hydrogens (tertiary/aromatic N) is 1. The number of furan rings is 1. The third kappa shape index (κ3) is 4.04. The molecule has 0 bridgehead atoms. The van der Waals surface area contributed by atoms with Gasteiger partial charge >= 0.3 is 0 Å². The summed E-state index contributed by atoms with van der Waals surface area (Å²) in [7, 11) is -1.59. The Balaban J connectivity index is 1.73. The van der Waals surface area contributed by atoms with Crippen LogP contribution >= 0.6 is 11.6 Å². The summed E-state index contributed by atoms with van der Waals surface area (Å²) in [5.74, 6) is 0.583. The lowest BCUT2D eigenvalue weighted by atomic mass is 10.1. The molecule has 4 rings (SSSR count). The van der Waals surface area contributed by atoms with Gasteiger partial charge in [0.15, 0.2) is 15.6 Å². The summed E-state index contributed by atoms with van der Waals surface area (Å²) in [4.78, 5) is 15.2. The van der Waals surface area contributed by atoms with E-state index in [4.69, 9.17) is 20.8 Å². The van der Waals surface area contributed by atoms with Crippen LogP contribution in [-0.2, 0) is 16.4 Å². The fourth-order valence-electron chi connectivity index (χ4n) is 3.88. The van der Waals surface area contributed by atoms with E-state index in [1.807, 2.05) is 31.2 Å². The van der Waals surface area contributed by atoms with E-state index in [1.165, 1.54) is 0 Å². The van der Waals surface area contributed by atoms with Crippen molar-refractivity contribution in [2.75, 3.05) is 18.6 Å². The van der Waals surface area contributed by atoms with Gasteiger partial charge in [0.05, 0.1) is 18.6 Å². The van der Waals surface area contributed by atoms with Gasteiger partial charge in [0.2, 0.25) is 0 Å². The van der Waals surface area contributed by atoms with Crippen LogP contribution in [0.3, 0.4) is 0 Å². The van der Waals surface area contributed by atoms with E-state index in [2.05, 4.69) is 0 Å². The minimum atomic E-state index is -3.17. The quantitative estimate of drug-likeness (QED) is 0.584. The van der Waals surface area contributed by atoms with Crippen molar-refractivity contribution in [2.45, 2.75) is 25.9 Å². The lowest BCUT2D eigenvalue weighted by molar-refractivity contribution is 0.0649. The van der Waals surface area contributed by atoms with Gasteiger partial charge in [0.1, 0.15) is 11.3 Å². The van der Waals surface area contributed by atoms with Crippen molar-refractivity contribution in [3.05, 3.63) is 64.4 Å². The van der Waals surface area contributed by atoms with Crippen LogP contribution in [-0.4, -0.2) is 43.9 Å². The molecule has 1 atom stereocenters. The van der Waals surface area contributed by atoms with Crippen LogP contribution in [0.2, 0.25) is 5.02 Å². The highest BCUT2D eigenvalue weighted by Gasteiger charge is 2.36. The molecule has 1 aliphatic rings. The average molecular weight is 448 g/mol. The summed E-state index contributed by atoms with van der Waals surface area (Å²) in [5, 5.41) is 1.33. The van der Waals surface area contributed by atoms with Crippen molar-refractivity contribution in [3.8, 4) is 5.75 Å². The maximum atomic E-state index is 13.6. The zero-order valence-corrected chi connectivity index (χ0v) is 18.3. The molecular weight excluding hydrogens is 426 g/mol. The Labute approximate surface area is 180 Å². The van der Waals surface area contributed by atoms with Crippen molar-refractivity contribution in [1.29, 1.82) is 0 Å². The van der Waals surface area contributed by atoms with E-state index in [9.17, 15) is 13.2 Å². The van der Waals surface area contributed by atoms with Crippen LogP contribution in [0.15, 0.2) is 46.9 Å². The van der Waals surface area contributed by atoms with Gasteiger partial charge in [-0.3, -0.25) is 4.79 Å². The highest BCUT2D eigenvalue weighted by Crippen LogP contribution is 2.31. The monoisotopic (exact) mass is 447 g/mol. The molecule has 2 aromatic carbocycles. The van der Waals surface area contributed by atoms with Gasteiger partial charge in [0, 0.05) is 28.6 Å². The number of halogens is 1. The summed E-state index contributed by atoms with van der Waals surface area (Å²) >= 11 is 6.10. The molecule has 8 heteroatoms. The first kappa shape index (κ1) is 20.8. The minimum Gasteiger partial charge on any atom is -0.497 e. The number of aryl methyl sites for hydroxylation is 1. The lowest BCUT2D eigenvalue weighted by Crippen LogP contribution is -2.40. The Morgan fingerprint density at radius 2 is 2.07 bits per heavy atom. The molecular formula is C22H22ClNO5S. The van der Waals surface area contributed by atoms with Gasteiger partial charge in [-0.2, -0.15) is 0 Å². The molecule has 1 amide bonds. The van der Waals surface area contributed by atoms with Crippen molar-refractivity contribution in [3.63, 3.8) is 0 Å². The van der Waals surface area contributed by atoms with E-state index in [1.54, 1.807) is 30.2 Å². The first-order chi connectivity index (χ1) is 14.3. The van der Waals surface area contributed by atoms with Crippen molar-refractivity contribution in [2.24, 2.45) is 0 Å². The van der Waals surface area contributed by atoms with Crippen LogP contribution in [0.4, 0.5) is 0 Å². The Bertz CT molecular complexity index is 1220. The minimum absolute atomic E-state index is 0.0478. The number of amides is 1. The molecule has 0 radical (unpaired) electrons. The largest absolute Gasteiger partial charge is 0.497 e. The fourth-order valence-corrected chi connectivity index (χ4v) is 5.79. The predicted molar refractivity (Wildman–Crippen MR) is 116 cm³/mol. The first-order valence-electron chi connectivity index (χ1n) is 9.60.